The minimum atomic E-state index is -0.102. The fourth-order valence-electron chi connectivity index (χ4n) is 0.333. The van der Waals surface area contributed by atoms with Gasteiger partial charge < -0.3 is 0 Å². The molecule has 0 atom stereocenters. The topological polar surface area (TPSA) is 0 Å². The Morgan fingerprint density at radius 2 is 2.00 bits per heavy atom. The van der Waals surface area contributed by atoms with Crippen molar-refractivity contribution in [3.63, 3.8) is 0 Å². The van der Waals surface area contributed by atoms with Gasteiger partial charge in [-0.1, -0.05) is 19.7 Å². The third kappa shape index (κ3) is 4.19. The fourth-order valence-corrected chi connectivity index (χ4v) is 0.333. The molecule has 0 aliphatic heterocycles. The lowest BCUT2D eigenvalue weighted by Crippen LogP contribution is -2.11. The smallest absolute Gasteiger partial charge is 0.0453 e. The molecule has 0 fully saturated rings. The Labute approximate surface area is 42.6 Å². The molecule has 0 nitrogen and oxygen atoms in total. The maximum Gasteiger partial charge on any atom is 0.0453 e. The summed E-state index contributed by atoms with van der Waals surface area (Å²) in [7, 11) is 10.4. The zero-order valence-corrected chi connectivity index (χ0v) is 4.15. The normalized spacial score (nSPS) is 8.17. The highest BCUT2D eigenvalue weighted by molar-refractivity contribution is 7.29. The standard InChI is InChI=1S/C3H7B3/c1-2-3-6(4)5/h2-3H2,1H3. The highest BCUT2D eigenvalue weighted by atomic mass is 13.6. The molecule has 0 aromatic carbocycles. The van der Waals surface area contributed by atoms with Crippen LogP contribution in [0.5, 0.6) is 0 Å². The maximum absolute atomic E-state index is 5.18. The summed E-state index contributed by atoms with van der Waals surface area (Å²) in [5, 5.41) is 0. The summed E-state index contributed by atoms with van der Waals surface area (Å²) in [6.07, 6.45) is 2.01. The van der Waals surface area contributed by atoms with Crippen LogP contribution in [0.2, 0.25) is 6.32 Å². The molecule has 4 radical (unpaired) electrons. The molecule has 6 heavy (non-hydrogen) atoms. The largest absolute Gasteiger partial charge is 0.0905 e. The molecule has 0 rings (SSSR count). The summed E-state index contributed by atoms with van der Waals surface area (Å²) in [5.41, 5.74) is 0. The summed E-state index contributed by atoms with van der Waals surface area (Å²) >= 11 is 0. The molecule has 0 heterocycles. The first-order valence-corrected chi connectivity index (χ1v) is 2.28. The van der Waals surface area contributed by atoms with Gasteiger partial charge >= 0.3 is 0 Å². The van der Waals surface area contributed by atoms with Gasteiger partial charge in [-0.25, -0.2) is 0 Å². The molecule has 0 aromatic heterocycles. The van der Waals surface area contributed by atoms with Gasteiger partial charge in [0.1, 0.15) is 0 Å². The highest BCUT2D eigenvalue weighted by Crippen LogP contribution is 1.85. The van der Waals surface area contributed by atoms with Crippen molar-refractivity contribution < 1.29 is 0 Å². The van der Waals surface area contributed by atoms with Crippen LogP contribution >= 0.6 is 0 Å². The molecule has 0 unspecified atom stereocenters. The minimum absolute atomic E-state index is 0.102. The Balaban J connectivity index is 2.63. The van der Waals surface area contributed by atoms with Crippen LogP contribution in [0.1, 0.15) is 13.3 Å². The van der Waals surface area contributed by atoms with Gasteiger partial charge in [0, 0.05) is 22.0 Å². The lowest BCUT2D eigenvalue weighted by atomic mass is 9.18. The Kier molecular flexibility index (Phi) is 3.50. The SMILES string of the molecule is [B]B([B])CCC. The van der Waals surface area contributed by atoms with E-state index in [4.69, 9.17) is 15.5 Å². The van der Waals surface area contributed by atoms with E-state index in [1.54, 1.807) is 0 Å². The van der Waals surface area contributed by atoms with Crippen molar-refractivity contribution in [2.75, 3.05) is 0 Å². The van der Waals surface area contributed by atoms with E-state index in [9.17, 15) is 0 Å². The van der Waals surface area contributed by atoms with Crippen LogP contribution in [-0.2, 0) is 0 Å². The first kappa shape index (κ1) is 6.19. The van der Waals surface area contributed by atoms with Crippen molar-refractivity contribution in [3.8, 4) is 0 Å². The predicted molar refractivity (Wildman–Crippen MR) is 32.4 cm³/mol. The zero-order chi connectivity index (χ0) is 4.99. The molecule has 0 N–H and O–H groups in total. The zero-order valence-electron chi connectivity index (χ0n) is 4.15. The maximum atomic E-state index is 5.18. The number of hydrogen-bond acceptors (Lipinski definition) is 0. The van der Waals surface area contributed by atoms with E-state index < -0.39 is 0 Å². The van der Waals surface area contributed by atoms with Crippen molar-refractivity contribution in [2.45, 2.75) is 19.7 Å². The van der Waals surface area contributed by atoms with E-state index in [-0.39, 0.29) is 6.49 Å². The van der Waals surface area contributed by atoms with E-state index in [1.165, 1.54) is 0 Å². The molecule has 0 saturated carbocycles. The van der Waals surface area contributed by atoms with Gasteiger partial charge in [0.15, 0.2) is 0 Å². The van der Waals surface area contributed by atoms with E-state index in [1.807, 2.05) is 0 Å². The van der Waals surface area contributed by atoms with Crippen molar-refractivity contribution in [3.05, 3.63) is 0 Å². The average Bonchev–Trinajstić information content (AvgIpc) is 1.35. The van der Waals surface area contributed by atoms with Crippen molar-refractivity contribution in [1.82, 2.24) is 0 Å². The fraction of sp³-hybridized carbons (Fsp3) is 1.00. The Bertz CT molecular complexity index is 27.2. The molecule has 3 heteroatoms. The van der Waals surface area contributed by atoms with Gasteiger partial charge in [-0.15, -0.1) is 0 Å². The van der Waals surface area contributed by atoms with Gasteiger partial charge in [-0.3, -0.25) is 0 Å². The van der Waals surface area contributed by atoms with Crippen LogP contribution in [0.4, 0.5) is 0 Å². The Hall–Kier alpha value is 0.195. The van der Waals surface area contributed by atoms with Crippen LogP contribution in [0.3, 0.4) is 0 Å². The van der Waals surface area contributed by atoms with Gasteiger partial charge in [0.05, 0.1) is 0 Å². The van der Waals surface area contributed by atoms with Crippen molar-refractivity contribution in [1.29, 1.82) is 0 Å². The van der Waals surface area contributed by atoms with Gasteiger partial charge in [-0.2, -0.15) is 0 Å². The van der Waals surface area contributed by atoms with Crippen LogP contribution in [-0.4, -0.2) is 22.0 Å². The molecule has 0 spiro atoms. The van der Waals surface area contributed by atoms with E-state index in [0.717, 1.165) is 12.7 Å². The van der Waals surface area contributed by atoms with Gasteiger partial charge in [-0.05, 0) is 0 Å². The molecular formula is C3H7B3. The van der Waals surface area contributed by atoms with Gasteiger partial charge in [0.2, 0.25) is 0 Å². The van der Waals surface area contributed by atoms with Crippen LogP contribution in [0.25, 0.3) is 0 Å². The van der Waals surface area contributed by atoms with E-state index in [0.29, 0.717) is 0 Å². The molecule has 28 valence electrons. The summed E-state index contributed by atoms with van der Waals surface area (Å²) in [5.74, 6) is 0. The summed E-state index contributed by atoms with van der Waals surface area (Å²) < 4.78 is 0. The lowest BCUT2D eigenvalue weighted by Gasteiger charge is -1.92. The van der Waals surface area contributed by atoms with Crippen molar-refractivity contribution in [2.24, 2.45) is 0 Å². The van der Waals surface area contributed by atoms with Crippen LogP contribution in [0.15, 0.2) is 0 Å². The predicted octanol–water partition coefficient (Wildman–Crippen LogP) is 0.222. The van der Waals surface area contributed by atoms with Gasteiger partial charge in [0.25, 0.3) is 0 Å². The molecule has 0 saturated heterocycles. The molecule has 0 aromatic rings. The molecule has 0 aliphatic rings. The first-order valence-electron chi connectivity index (χ1n) is 2.28. The van der Waals surface area contributed by atoms with Crippen LogP contribution in [0, 0.1) is 0 Å². The Morgan fingerprint density at radius 1 is 1.50 bits per heavy atom. The second-order valence-corrected chi connectivity index (χ2v) is 1.45. The second-order valence-electron chi connectivity index (χ2n) is 1.45. The third-order valence-corrected chi connectivity index (χ3v) is 0.622. The first-order chi connectivity index (χ1) is 2.77. The van der Waals surface area contributed by atoms with Crippen molar-refractivity contribution >= 4 is 22.0 Å². The number of rotatable bonds is 2. The van der Waals surface area contributed by atoms with Crippen LogP contribution < -0.4 is 0 Å². The average molecular weight is 75.5 g/mol. The third-order valence-electron chi connectivity index (χ3n) is 0.622. The van der Waals surface area contributed by atoms with E-state index >= 15 is 0 Å². The Morgan fingerprint density at radius 3 is 2.00 bits per heavy atom. The lowest BCUT2D eigenvalue weighted by molar-refractivity contribution is 1.08. The number of hydrogen-bond donors (Lipinski definition) is 0. The molecule has 0 aliphatic carbocycles. The molecule has 0 amide bonds. The molecule has 0 bridgehead atoms. The monoisotopic (exact) mass is 76.1 g/mol. The second kappa shape index (κ2) is 3.39. The highest BCUT2D eigenvalue weighted by Gasteiger charge is 1.89. The van der Waals surface area contributed by atoms with E-state index in [2.05, 4.69) is 6.92 Å². The summed E-state index contributed by atoms with van der Waals surface area (Å²) in [4.78, 5) is 0. The minimum Gasteiger partial charge on any atom is -0.0905 e. The molecular weight excluding hydrogens is 68.5 g/mol. The summed E-state index contributed by atoms with van der Waals surface area (Å²) in [6.45, 7) is 1.96. The summed E-state index contributed by atoms with van der Waals surface area (Å²) in [6, 6.07) is 0. The quantitative estimate of drug-likeness (QED) is 0.412.